The molecular formula is C13H17N2NaO2. The van der Waals surface area contributed by atoms with Crippen molar-refractivity contribution >= 4 is 5.97 Å². The maximum Gasteiger partial charge on any atom is 1.00 e. The maximum absolute atomic E-state index is 11.0. The molecule has 92 valence electrons. The van der Waals surface area contributed by atoms with Gasteiger partial charge in [0.25, 0.3) is 0 Å². The number of carboxylic acid groups (broad SMARTS) is 1. The summed E-state index contributed by atoms with van der Waals surface area (Å²) >= 11 is 0. The van der Waals surface area contributed by atoms with E-state index >= 15 is 0 Å². The first kappa shape index (κ1) is 15.7. The zero-order chi connectivity index (χ0) is 12.3. The van der Waals surface area contributed by atoms with Gasteiger partial charge in [0.2, 0.25) is 0 Å². The minimum absolute atomic E-state index is 0. The third kappa shape index (κ3) is 4.07. The Bertz CT molecular complexity index is 404. The van der Waals surface area contributed by atoms with Crippen LogP contribution in [0.15, 0.2) is 24.3 Å². The summed E-state index contributed by atoms with van der Waals surface area (Å²) in [5, 5.41) is 11.0. The Kier molecular flexibility index (Phi) is 6.32. The van der Waals surface area contributed by atoms with Gasteiger partial charge in [-0.2, -0.15) is 0 Å². The van der Waals surface area contributed by atoms with Crippen LogP contribution in [0.25, 0.3) is 0 Å². The van der Waals surface area contributed by atoms with Crippen LogP contribution in [0.5, 0.6) is 0 Å². The number of nitrogens with zero attached hydrogens (tertiary/aromatic N) is 2. The van der Waals surface area contributed by atoms with Crippen molar-refractivity contribution in [1.29, 1.82) is 0 Å². The van der Waals surface area contributed by atoms with Gasteiger partial charge in [-0.25, -0.2) is 0 Å². The second-order valence-corrected chi connectivity index (χ2v) is 4.52. The van der Waals surface area contributed by atoms with Gasteiger partial charge in [-0.15, -0.1) is 0 Å². The standard InChI is InChI=1S/C13H18N2O2.Na/c1-14-6-8-15(9-7-14)10-11-4-2-3-5-12(11)13(16)17;/h2-5H,6-10H2,1H3,(H,16,17);/q;+1/p-1. The van der Waals surface area contributed by atoms with Crippen LogP contribution in [-0.2, 0) is 6.54 Å². The molecule has 0 unspecified atom stereocenters. The molecule has 0 radical (unpaired) electrons. The average molecular weight is 256 g/mol. The van der Waals surface area contributed by atoms with E-state index < -0.39 is 5.97 Å². The van der Waals surface area contributed by atoms with Crippen LogP contribution >= 0.6 is 0 Å². The minimum atomic E-state index is -1.09. The average Bonchev–Trinajstić information content (AvgIpc) is 2.32. The Labute approximate surface area is 130 Å². The molecule has 0 bridgehead atoms. The smallest absolute Gasteiger partial charge is 0.545 e. The monoisotopic (exact) mass is 256 g/mol. The van der Waals surface area contributed by atoms with Crippen LogP contribution in [0, 0.1) is 0 Å². The van der Waals surface area contributed by atoms with Gasteiger partial charge >= 0.3 is 29.6 Å². The molecule has 1 saturated heterocycles. The van der Waals surface area contributed by atoms with E-state index in [1.807, 2.05) is 12.1 Å². The second-order valence-electron chi connectivity index (χ2n) is 4.52. The van der Waals surface area contributed by atoms with Crippen molar-refractivity contribution in [1.82, 2.24) is 9.80 Å². The van der Waals surface area contributed by atoms with Crippen molar-refractivity contribution in [2.24, 2.45) is 0 Å². The zero-order valence-electron chi connectivity index (χ0n) is 11.1. The molecule has 5 heteroatoms. The number of piperazine rings is 1. The first-order valence-electron chi connectivity index (χ1n) is 5.87. The first-order valence-corrected chi connectivity index (χ1v) is 5.87. The molecule has 1 heterocycles. The number of rotatable bonds is 3. The van der Waals surface area contributed by atoms with E-state index in [9.17, 15) is 9.90 Å². The topological polar surface area (TPSA) is 46.6 Å². The number of aromatic carboxylic acids is 1. The second kappa shape index (κ2) is 7.26. The molecule has 0 aliphatic carbocycles. The quantitative estimate of drug-likeness (QED) is 0.535. The molecule has 1 aliphatic heterocycles. The number of likely N-dealkylation sites (N-methyl/N-ethyl adjacent to an activating group) is 1. The van der Waals surface area contributed by atoms with Crippen molar-refractivity contribution in [3.63, 3.8) is 0 Å². The normalized spacial score (nSPS) is 17.2. The van der Waals surface area contributed by atoms with Crippen molar-refractivity contribution in [2.45, 2.75) is 6.54 Å². The van der Waals surface area contributed by atoms with E-state index in [4.69, 9.17) is 0 Å². The van der Waals surface area contributed by atoms with Crippen LogP contribution in [0.3, 0.4) is 0 Å². The predicted octanol–water partition coefficient (Wildman–Crippen LogP) is -3.20. The van der Waals surface area contributed by atoms with Gasteiger partial charge < -0.3 is 14.8 Å². The Morgan fingerprint density at radius 2 is 1.83 bits per heavy atom. The van der Waals surface area contributed by atoms with Crippen LogP contribution in [0.2, 0.25) is 0 Å². The van der Waals surface area contributed by atoms with Crippen LogP contribution in [0.1, 0.15) is 15.9 Å². The third-order valence-corrected chi connectivity index (χ3v) is 3.23. The number of hydrogen-bond acceptors (Lipinski definition) is 4. The first-order chi connectivity index (χ1) is 8.16. The molecule has 18 heavy (non-hydrogen) atoms. The molecule has 2 rings (SSSR count). The summed E-state index contributed by atoms with van der Waals surface area (Å²) in [7, 11) is 2.10. The number of benzene rings is 1. The Hall–Kier alpha value is -0.390. The van der Waals surface area contributed by atoms with Gasteiger partial charge in [-0.1, -0.05) is 24.3 Å². The van der Waals surface area contributed by atoms with E-state index in [2.05, 4.69) is 16.8 Å². The van der Waals surface area contributed by atoms with Gasteiger partial charge in [0, 0.05) is 38.3 Å². The summed E-state index contributed by atoms with van der Waals surface area (Å²) in [6, 6.07) is 7.08. The summed E-state index contributed by atoms with van der Waals surface area (Å²) in [6.07, 6.45) is 0. The fourth-order valence-electron chi connectivity index (χ4n) is 2.10. The van der Waals surface area contributed by atoms with Crippen molar-refractivity contribution in [3.8, 4) is 0 Å². The van der Waals surface area contributed by atoms with Crippen LogP contribution in [0.4, 0.5) is 0 Å². The molecule has 0 amide bonds. The number of carbonyl (C=O) groups excluding carboxylic acids is 1. The molecule has 1 aromatic rings. The van der Waals surface area contributed by atoms with E-state index in [1.54, 1.807) is 12.1 Å². The van der Waals surface area contributed by atoms with Crippen molar-refractivity contribution < 1.29 is 39.5 Å². The summed E-state index contributed by atoms with van der Waals surface area (Å²) in [5.41, 5.74) is 1.16. The fraction of sp³-hybridized carbons (Fsp3) is 0.462. The Morgan fingerprint density at radius 3 is 2.44 bits per heavy atom. The molecule has 0 saturated carbocycles. The van der Waals surface area contributed by atoms with E-state index in [0.29, 0.717) is 12.1 Å². The van der Waals surface area contributed by atoms with E-state index in [0.717, 1.165) is 31.7 Å². The zero-order valence-corrected chi connectivity index (χ0v) is 13.1. The molecule has 1 fully saturated rings. The fourth-order valence-corrected chi connectivity index (χ4v) is 2.10. The van der Waals surface area contributed by atoms with Gasteiger partial charge in [0.05, 0.1) is 5.97 Å². The largest absolute Gasteiger partial charge is 1.00 e. The van der Waals surface area contributed by atoms with E-state index in [-0.39, 0.29) is 29.6 Å². The Balaban J connectivity index is 0.00000162. The SMILES string of the molecule is CN1CCN(Cc2ccccc2C(=O)[O-])CC1.[Na+]. The van der Waals surface area contributed by atoms with Gasteiger partial charge in [0.1, 0.15) is 0 Å². The summed E-state index contributed by atoms with van der Waals surface area (Å²) < 4.78 is 0. The summed E-state index contributed by atoms with van der Waals surface area (Å²) in [6.45, 7) is 4.73. The maximum atomic E-state index is 11.0. The summed E-state index contributed by atoms with van der Waals surface area (Å²) in [5.74, 6) is -1.09. The molecular weight excluding hydrogens is 239 g/mol. The third-order valence-electron chi connectivity index (χ3n) is 3.23. The molecule has 0 N–H and O–H groups in total. The molecule has 1 aliphatic rings. The Morgan fingerprint density at radius 1 is 1.22 bits per heavy atom. The predicted molar refractivity (Wildman–Crippen MR) is 63.5 cm³/mol. The number of carbonyl (C=O) groups is 1. The van der Waals surface area contributed by atoms with Gasteiger partial charge in [-0.05, 0) is 12.6 Å². The van der Waals surface area contributed by atoms with E-state index in [1.165, 1.54) is 0 Å². The molecule has 0 atom stereocenters. The molecule has 0 aromatic heterocycles. The van der Waals surface area contributed by atoms with Gasteiger partial charge in [0.15, 0.2) is 0 Å². The molecule has 1 aromatic carbocycles. The van der Waals surface area contributed by atoms with Gasteiger partial charge in [-0.3, -0.25) is 4.90 Å². The minimum Gasteiger partial charge on any atom is -0.545 e. The number of hydrogen-bond donors (Lipinski definition) is 0. The molecule has 4 nitrogen and oxygen atoms in total. The number of carboxylic acids is 1. The summed E-state index contributed by atoms with van der Waals surface area (Å²) in [4.78, 5) is 15.5. The molecule has 0 spiro atoms. The van der Waals surface area contributed by atoms with Crippen molar-refractivity contribution in [3.05, 3.63) is 35.4 Å². The van der Waals surface area contributed by atoms with Crippen LogP contribution in [-0.4, -0.2) is 49.0 Å². The van der Waals surface area contributed by atoms with Crippen LogP contribution < -0.4 is 34.7 Å². The van der Waals surface area contributed by atoms with Crippen molar-refractivity contribution in [2.75, 3.05) is 33.2 Å².